The third-order valence-corrected chi connectivity index (χ3v) is 3.85. The van der Waals surface area contributed by atoms with Gasteiger partial charge in [-0.05, 0) is 18.4 Å². The quantitative estimate of drug-likeness (QED) is 0.766. The second-order valence-corrected chi connectivity index (χ2v) is 5.25. The van der Waals surface area contributed by atoms with Crippen LogP contribution in [0.1, 0.15) is 37.3 Å². The van der Waals surface area contributed by atoms with Crippen LogP contribution in [0.25, 0.3) is 0 Å². The van der Waals surface area contributed by atoms with Crippen LogP contribution in [-0.4, -0.2) is 23.7 Å². The fourth-order valence-electron chi connectivity index (χ4n) is 2.58. The molecule has 4 N–H and O–H groups in total. The highest BCUT2D eigenvalue weighted by atomic mass is 16.3. The van der Waals surface area contributed by atoms with Crippen LogP contribution >= 0.6 is 0 Å². The number of hydrogen-bond acceptors (Lipinski definition) is 3. The van der Waals surface area contributed by atoms with Crippen LogP contribution in [-0.2, 0) is 4.79 Å². The van der Waals surface area contributed by atoms with Crippen LogP contribution in [0.4, 0.5) is 0 Å². The molecule has 1 aliphatic rings. The molecule has 0 spiro atoms. The van der Waals surface area contributed by atoms with Crippen molar-refractivity contribution in [2.45, 2.75) is 37.8 Å². The molecular weight excluding hydrogens is 240 g/mol. The minimum absolute atomic E-state index is 0.167. The van der Waals surface area contributed by atoms with E-state index < -0.39 is 6.04 Å². The van der Waals surface area contributed by atoms with Crippen molar-refractivity contribution in [1.29, 1.82) is 0 Å². The summed E-state index contributed by atoms with van der Waals surface area (Å²) in [5.41, 5.74) is 6.72. The lowest BCUT2D eigenvalue weighted by Crippen LogP contribution is -2.40. The van der Waals surface area contributed by atoms with Gasteiger partial charge < -0.3 is 16.2 Å². The summed E-state index contributed by atoms with van der Waals surface area (Å²) in [6.07, 6.45) is 3.73. The minimum atomic E-state index is -0.637. The maximum atomic E-state index is 12.0. The predicted octanol–water partition coefficient (Wildman–Crippen LogP) is 1.35. The highest BCUT2D eigenvalue weighted by Crippen LogP contribution is 2.23. The molecule has 3 atom stereocenters. The molecule has 4 nitrogen and oxygen atoms in total. The van der Waals surface area contributed by atoms with Crippen molar-refractivity contribution in [2.75, 3.05) is 6.54 Å². The van der Waals surface area contributed by atoms with Crippen molar-refractivity contribution in [3.63, 3.8) is 0 Å². The summed E-state index contributed by atoms with van der Waals surface area (Å²) in [4.78, 5) is 12.0. The van der Waals surface area contributed by atoms with Crippen LogP contribution in [0.5, 0.6) is 0 Å². The number of aliphatic hydroxyl groups excluding tert-OH is 1. The Morgan fingerprint density at radius 1 is 1.32 bits per heavy atom. The first-order chi connectivity index (χ1) is 9.18. The van der Waals surface area contributed by atoms with Gasteiger partial charge in [-0.25, -0.2) is 0 Å². The molecule has 1 aromatic carbocycles. The van der Waals surface area contributed by atoms with E-state index in [1.807, 2.05) is 30.3 Å². The molecule has 1 amide bonds. The number of rotatable bonds is 4. The Morgan fingerprint density at radius 2 is 2.00 bits per heavy atom. The molecule has 1 saturated carbocycles. The van der Waals surface area contributed by atoms with Gasteiger partial charge in [0.1, 0.15) is 6.04 Å². The smallest absolute Gasteiger partial charge is 0.241 e. The summed E-state index contributed by atoms with van der Waals surface area (Å²) in [5, 5.41) is 12.7. The maximum absolute atomic E-state index is 12.0. The zero-order chi connectivity index (χ0) is 13.7. The van der Waals surface area contributed by atoms with E-state index in [9.17, 15) is 9.90 Å². The second kappa shape index (κ2) is 6.68. The van der Waals surface area contributed by atoms with Crippen molar-refractivity contribution in [3.8, 4) is 0 Å². The van der Waals surface area contributed by atoms with E-state index in [4.69, 9.17) is 5.73 Å². The molecule has 2 unspecified atom stereocenters. The molecule has 1 aliphatic carbocycles. The number of aliphatic hydroxyl groups is 1. The average Bonchev–Trinajstić information content (AvgIpc) is 2.46. The molecule has 0 radical (unpaired) electrons. The minimum Gasteiger partial charge on any atom is -0.393 e. The molecular formula is C15H22N2O2. The van der Waals surface area contributed by atoms with E-state index in [2.05, 4.69) is 5.32 Å². The number of nitrogens with two attached hydrogens (primary N) is 1. The standard InChI is InChI=1S/C15H22N2O2/c16-14(11-6-2-1-3-7-11)15(19)17-10-12-8-4-5-9-13(12)18/h1-3,6-7,12-14,18H,4-5,8-10,16H2,(H,17,19)/t12?,13?,14-/m1/s1. The first-order valence-corrected chi connectivity index (χ1v) is 6.95. The molecule has 19 heavy (non-hydrogen) atoms. The van der Waals surface area contributed by atoms with E-state index >= 15 is 0 Å². The maximum Gasteiger partial charge on any atom is 0.241 e. The highest BCUT2D eigenvalue weighted by molar-refractivity contribution is 5.82. The van der Waals surface area contributed by atoms with Crippen LogP contribution in [0.3, 0.4) is 0 Å². The largest absolute Gasteiger partial charge is 0.393 e. The monoisotopic (exact) mass is 262 g/mol. The summed E-state index contributed by atoms with van der Waals surface area (Å²) >= 11 is 0. The topological polar surface area (TPSA) is 75.4 Å². The average molecular weight is 262 g/mol. The molecule has 4 heteroatoms. The van der Waals surface area contributed by atoms with Crippen LogP contribution < -0.4 is 11.1 Å². The van der Waals surface area contributed by atoms with Crippen molar-refractivity contribution in [3.05, 3.63) is 35.9 Å². The third-order valence-electron chi connectivity index (χ3n) is 3.85. The Balaban J connectivity index is 1.84. The molecule has 1 aromatic rings. The molecule has 0 aliphatic heterocycles. The van der Waals surface area contributed by atoms with Crippen molar-refractivity contribution < 1.29 is 9.90 Å². The van der Waals surface area contributed by atoms with Gasteiger partial charge in [-0.1, -0.05) is 43.2 Å². The fraction of sp³-hybridized carbons (Fsp3) is 0.533. The number of carbonyl (C=O) groups excluding carboxylic acids is 1. The molecule has 0 heterocycles. The lowest BCUT2D eigenvalue weighted by molar-refractivity contribution is -0.122. The summed E-state index contributed by atoms with van der Waals surface area (Å²) in [5.74, 6) is -0.00959. The Labute approximate surface area is 114 Å². The normalized spacial score (nSPS) is 24.7. The zero-order valence-electron chi connectivity index (χ0n) is 11.1. The van der Waals surface area contributed by atoms with Gasteiger partial charge in [0.05, 0.1) is 6.10 Å². The van der Waals surface area contributed by atoms with E-state index in [0.717, 1.165) is 31.2 Å². The Morgan fingerprint density at radius 3 is 2.68 bits per heavy atom. The summed E-state index contributed by atoms with van der Waals surface area (Å²) in [6.45, 7) is 0.514. The number of carbonyl (C=O) groups is 1. The molecule has 0 saturated heterocycles. The molecule has 0 bridgehead atoms. The summed E-state index contributed by atoms with van der Waals surface area (Å²) in [6, 6.07) is 8.69. The Bertz CT molecular complexity index is 408. The molecule has 2 rings (SSSR count). The van der Waals surface area contributed by atoms with Crippen molar-refractivity contribution in [1.82, 2.24) is 5.32 Å². The summed E-state index contributed by atoms with van der Waals surface area (Å²) < 4.78 is 0. The van der Waals surface area contributed by atoms with Gasteiger partial charge in [0.15, 0.2) is 0 Å². The van der Waals surface area contributed by atoms with Crippen LogP contribution in [0, 0.1) is 5.92 Å². The van der Waals surface area contributed by atoms with E-state index in [1.165, 1.54) is 0 Å². The van der Waals surface area contributed by atoms with E-state index in [-0.39, 0.29) is 17.9 Å². The molecule has 0 aromatic heterocycles. The Hall–Kier alpha value is -1.39. The molecule has 104 valence electrons. The second-order valence-electron chi connectivity index (χ2n) is 5.25. The molecule has 1 fully saturated rings. The predicted molar refractivity (Wildman–Crippen MR) is 74.3 cm³/mol. The van der Waals surface area contributed by atoms with Gasteiger partial charge in [0.25, 0.3) is 0 Å². The van der Waals surface area contributed by atoms with E-state index in [0.29, 0.717) is 6.54 Å². The third kappa shape index (κ3) is 3.78. The fourth-order valence-corrected chi connectivity index (χ4v) is 2.58. The number of benzene rings is 1. The van der Waals surface area contributed by atoms with Gasteiger partial charge in [-0.2, -0.15) is 0 Å². The number of hydrogen-bond donors (Lipinski definition) is 3. The van der Waals surface area contributed by atoms with Crippen molar-refractivity contribution in [2.24, 2.45) is 11.7 Å². The van der Waals surface area contributed by atoms with Gasteiger partial charge in [0.2, 0.25) is 5.91 Å². The van der Waals surface area contributed by atoms with E-state index in [1.54, 1.807) is 0 Å². The lowest BCUT2D eigenvalue weighted by atomic mass is 9.86. The number of nitrogens with one attached hydrogen (secondary N) is 1. The zero-order valence-corrected chi connectivity index (χ0v) is 11.1. The summed E-state index contributed by atoms with van der Waals surface area (Å²) in [7, 11) is 0. The lowest BCUT2D eigenvalue weighted by Gasteiger charge is -2.28. The highest BCUT2D eigenvalue weighted by Gasteiger charge is 2.24. The van der Waals surface area contributed by atoms with Gasteiger partial charge in [0, 0.05) is 12.5 Å². The SMILES string of the molecule is N[C@@H](C(=O)NCC1CCCCC1O)c1ccccc1. The van der Waals surface area contributed by atoms with Gasteiger partial charge in [-0.15, -0.1) is 0 Å². The Kier molecular flexibility index (Phi) is 4.93. The van der Waals surface area contributed by atoms with Gasteiger partial charge >= 0.3 is 0 Å². The van der Waals surface area contributed by atoms with Crippen molar-refractivity contribution >= 4 is 5.91 Å². The first kappa shape index (κ1) is 14.0. The first-order valence-electron chi connectivity index (χ1n) is 6.95. The number of amides is 1. The van der Waals surface area contributed by atoms with Crippen LogP contribution in [0.15, 0.2) is 30.3 Å². The van der Waals surface area contributed by atoms with Crippen LogP contribution in [0.2, 0.25) is 0 Å². The van der Waals surface area contributed by atoms with Gasteiger partial charge in [-0.3, -0.25) is 4.79 Å².